The van der Waals surface area contributed by atoms with Gasteiger partial charge in [-0.15, -0.1) is 0 Å². The molecule has 1 aliphatic rings. The zero-order valence-corrected chi connectivity index (χ0v) is 21.1. The third-order valence-electron chi connectivity index (χ3n) is 5.31. The molecule has 0 aliphatic heterocycles. The molecule has 2 aromatic rings. The summed E-state index contributed by atoms with van der Waals surface area (Å²) >= 11 is 0. The average molecular weight is 456 g/mol. The van der Waals surface area contributed by atoms with Crippen LogP contribution in [0.5, 0.6) is 5.75 Å². The number of rotatable bonds is 10. The monoisotopic (exact) mass is 455 g/mol. The molecule has 7 heteroatoms. The fourth-order valence-electron chi connectivity index (χ4n) is 3.76. The van der Waals surface area contributed by atoms with Crippen molar-refractivity contribution in [3.63, 3.8) is 0 Å². The Kier molecular flexibility index (Phi) is 10.1. The van der Waals surface area contributed by atoms with Gasteiger partial charge in [-0.05, 0) is 43.9 Å². The van der Waals surface area contributed by atoms with Crippen molar-refractivity contribution in [3.05, 3.63) is 52.7 Å². The van der Waals surface area contributed by atoms with Crippen molar-refractivity contribution in [3.8, 4) is 5.75 Å². The van der Waals surface area contributed by atoms with Gasteiger partial charge in [0.05, 0.1) is 12.3 Å². The first-order valence-corrected chi connectivity index (χ1v) is 10.6. The van der Waals surface area contributed by atoms with Gasteiger partial charge >= 0.3 is 43.7 Å². The van der Waals surface area contributed by atoms with Crippen LogP contribution >= 0.6 is 0 Å². The van der Waals surface area contributed by atoms with Crippen molar-refractivity contribution in [1.82, 2.24) is 4.98 Å². The molecule has 0 bridgehead atoms. The summed E-state index contributed by atoms with van der Waals surface area (Å²) in [7, 11) is 0. The van der Waals surface area contributed by atoms with Crippen molar-refractivity contribution in [2.75, 3.05) is 13.2 Å². The Bertz CT molecular complexity index is 930. The number of fused-ring (bicyclic) bond motifs is 1. The van der Waals surface area contributed by atoms with Crippen LogP contribution in [0, 0.1) is 6.92 Å². The van der Waals surface area contributed by atoms with E-state index in [9.17, 15) is 9.90 Å². The van der Waals surface area contributed by atoms with Gasteiger partial charge in [-0.1, -0.05) is 32.1 Å². The molecular formula is C24H33CaNO5. The van der Waals surface area contributed by atoms with E-state index in [4.69, 9.17) is 13.9 Å². The number of oxazole rings is 1. The molecule has 0 saturated heterocycles. The largest absolute Gasteiger partial charge is 2.00 e. The summed E-state index contributed by atoms with van der Waals surface area (Å²) in [4.78, 5) is 16.1. The zero-order valence-electron chi connectivity index (χ0n) is 20.9. The Hall–Kier alpha value is -1.34. The zero-order chi connectivity index (χ0) is 21.7. The van der Waals surface area contributed by atoms with Gasteiger partial charge in [0.2, 0.25) is 0 Å². The molecule has 0 amide bonds. The third kappa shape index (κ3) is 6.58. The Morgan fingerprint density at radius 3 is 2.77 bits per heavy atom. The predicted molar refractivity (Wildman–Crippen MR) is 123 cm³/mol. The number of hydrogen-bond acceptors (Lipinski definition) is 5. The van der Waals surface area contributed by atoms with Crippen LogP contribution in [0.1, 0.15) is 70.9 Å². The molecule has 0 spiro atoms. The standard InChI is InChI=1S/C24H31NO5.Ca.2H/c1-5-28-22(24(26)27)14-17-8-6-10-19-18(17)9-7-11-21(19)29-13-12-20-16(4)30-23(25-20)15(2)3;;;/h7-9,11,15,22H,5-6,10,12-14H2,1-4H3,(H,26,27);;;/q;+2;2*-1. The van der Waals surface area contributed by atoms with Crippen LogP contribution in [0.4, 0.5) is 0 Å². The number of carboxylic acids is 1. The van der Waals surface area contributed by atoms with Gasteiger partial charge in [-0.3, -0.25) is 0 Å². The Balaban J connectivity index is 0.00000341. The fourth-order valence-corrected chi connectivity index (χ4v) is 3.76. The second kappa shape index (κ2) is 12.0. The number of carbonyl (C=O) groups is 1. The maximum Gasteiger partial charge on any atom is 2.00 e. The first-order valence-electron chi connectivity index (χ1n) is 10.6. The molecule has 31 heavy (non-hydrogen) atoms. The molecular weight excluding hydrogens is 422 g/mol. The van der Waals surface area contributed by atoms with Crippen LogP contribution in [0.25, 0.3) is 5.57 Å². The van der Waals surface area contributed by atoms with E-state index in [-0.39, 0.29) is 46.5 Å². The van der Waals surface area contributed by atoms with Gasteiger partial charge in [0.1, 0.15) is 11.5 Å². The first kappa shape index (κ1) is 25.9. The predicted octanol–water partition coefficient (Wildman–Crippen LogP) is 4.78. The summed E-state index contributed by atoms with van der Waals surface area (Å²) < 4.78 is 17.3. The maximum atomic E-state index is 11.5. The minimum atomic E-state index is -0.930. The molecule has 1 aromatic heterocycles. The van der Waals surface area contributed by atoms with E-state index in [1.54, 1.807) is 0 Å². The van der Waals surface area contributed by atoms with Crippen molar-refractivity contribution >= 4 is 49.3 Å². The van der Waals surface area contributed by atoms with E-state index >= 15 is 0 Å². The number of carboxylic acid groups (broad SMARTS) is 1. The number of aryl methyl sites for hydroxylation is 1. The molecule has 3 rings (SSSR count). The molecule has 0 saturated carbocycles. The Morgan fingerprint density at radius 2 is 2.13 bits per heavy atom. The van der Waals surface area contributed by atoms with E-state index in [0.717, 1.165) is 52.6 Å². The third-order valence-corrected chi connectivity index (χ3v) is 5.31. The van der Waals surface area contributed by atoms with Gasteiger partial charge < -0.3 is 21.9 Å². The Labute approximate surface area is 217 Å². The van der Waals surface area contributed by atoms with Gasteiger partial charge in [0.25, 0.3) is 0 Å². The number of ether oxygens (including phenoxy) is 2. The van der Waals surface area contributed by atoms with Gasteiger partial charge in [0, 0.05) is 30.9 Å². The molecule has 0 fully saturated rings. The average Bonchev–Trinajstić information content (AvgIpc) is 3.09. The molecule has 1 unspecified atom stereocenters. The number of hydrogen-bond donors (Lipinski definition) is 1. The summed E-state index contributed by atoms with van der Waals surface area (Å²) in [5.74, 6) is 1.79. The fraction of sp³-hybridized carbons (Fsp3) is 0.500. The minimum absolute atomic E-state index is 0. The van der Waals surface area contributed by atoms with E-state index in [2.05, 4.69) is 24.9 Å². The van der Waals surface area contributed by atoms with Crippen LogP contribution < -0.4 is 4.74 Å². The first-order chi connectivity index (χ1) is 14.4. The molecule has 6 nitrogen and oxygen atoms in total. The second-order valence-electron chi connectivity index (χ2n) is 7.84. The van der Waals surface area contributed by atoms with E-state index in [0.29, 0.717) is 26.1 Å². The van der Waals surface area contributed by atoms with E-state index < -0.39 is 12.1 Å². The summed E-state index contributed by atoms with van der Waals surface area (Å²) in [6.45, 7) is 8.76. The van der Waals surface area contributed by atoms with Crippen molar-refractivity contribution in [1.29, 1.82) is 0 Å². The molecule has 166 valence electrons. The quantitative estimate of drug-likeness (QED) is 0.519. The van der Waals surface area contributed by atoms with Gasteiger partial charge in [-0.25, -0.2) is 9.78 Å². The molecule has 1 N–H and O–H groups in total. The van der Waals surface area contributed by atoms with Crippen LogP contribution in [0.3, 0.4) is 0 Å². The van der Waals surface area contributed by atoms with Crippen LogP contribution in [-0.2, 0) is 22.4 Å². The molecule has 1 atom stereocenters. The maximum absolute atomic E-state index is 11.5. The van der Waals surface area contributed by atoms with Crippen LogP contribution in [0.15, 0.2) is 28.7 Å². The van der Waals surface area contributed by atoms with Crippen LogP contribution in [-0.4, -0.2) is 73.1 Å². The number of aromatic nitrogens is 1. The molecule has 1 aliphatic carbocycles. The number of nitrogens with zero attached hydrogens (tertiary/aromatic N) is 1. The number of allylic oxidation sites excluding steroid dienone is 1. The van der Waals surface area contributed by atoms with Gasteiger partial charge in [0.15, 0.2) is 12.0 Å². The molecule has 0 radical (unpaired) electrons. The summed E-state index contributed by atoms with van der Waals surface area (Å²) in [6.07, 6.45) is 4.06. The molecule has 1 aromatic carbocycles. The Morgan fingerprint density at radius 1 is 1.35 bits per heavy atom. The van der Waals surface area contributed by atoms with Gasteiger partial charge in [-0.2, -0.15) is 0 Å². The summed E-state index contributed by atoms with van der Waals surface area (Å²) in [5.41, 5.74) is 4.14. The number of aliphatic carboxylic acids is 1. The van der Waals surface area contributed by atoms with E-state index in [1.165, 1.54) is 0 Å². The summed E-state index contributed by atoms with van der Waals surface area (Å²) in [6, 6.07) is 5.98. The van der Waals surface area contributed by atoms with Crippen molar-refractivity contribution in [2.45, 2.75) is 65.4 Å². The second-order valence-corrected chi connectivity index (χ2v) is 7.84. The normalized spacial score (nSPS) is 13.9. The smallest absolute Gasteiger partial charge is 1.00 e. The van der Waals surface area contributed by atoms with Crippen molar-refractivity contribution in [2.24, 2.45) is 0 Å². The number of benzene rings is 1. The van der Waals surface area contributed by atoms with Crippen molar-refractivity contribution < 1.29 is 26.6 Å². The van der Waals surface area contributed by atoms with E-state index in [1.807, 2.05) is 32.0 Å². The van der Waals surface area contributed by atoms with Crippen LogP contribution in [0.2, 0.25) is 0 Å². The summed E-state index contributed by atoms with van der Waals surface area (Å²) in [5, 5.41) is 9.43. The SMILES string of the molecule is CCOC(CC1=CCCc2c(OCCc3nc(C(C)C)oc3C)cccc21)C(=O)O.[Ca+2].[H-].[H-]. The minimum Gasteiger partial charge on any atom is -1.00 e. The topological polar surface area (TPSA) is 81.8 Å². The molecule has 1 heterocycles.